The second kappa shape index (κ2) is 8.82. The summed E-state index contributed by atoms with van der Waals surface area (Å²) in [4.78, 5) is 16.7. The lowest BCUT2D eigenvalue weighted by Crippen LogP contribution is -2.47. The van der Waals surface area contributed by atoms with Gasteiger partial charge in [0.05, 0.1) is 0 Å². The summed E-state index contributed by atoms with van der Waals surface area (Å²) in [5.41, 5.74) is 1.42. The van der Waals surface area contributed by atoms with Crippen molar-refractivity contribution < 1.29 is 4.79 Å². The highest BCUT2D eigenvalue weighted by molar-refractivity contribution is 5.74. The summed E-state index contributed by atoms with van der Waals surface area (Å²) < 4.78 is 0. The molecule has 1 heterocycles. The molecule has 0 bridgehead atoms. The largest absolute Gasteiger partial charge is 0.325 e. The molecule has 2 rings (SSSR count). The number of nitrogens with zero attached hydrogens (tertiary/aromatic N) is 2. The highest BCUT2D eigenvalue weighted by Gasteiger charge is 2.25. The van der Waals surface area contributed by atoms with Gasteiger partial charge in [0.2, 0.25) is 0 Å². The maximum absolute atomic E-state index is 12.6. The van der Waals surface area contributed by atoms with Gasteiger partial charge < -0.3 is 9.80 Å². The van der Waals surface area contributed by atoms with Crippen LogP contribution in [0.2, 0.25) is 0 Å². The van der Waals surface area contributed by atoms with Gasteiger partial charge in [-0.3, -0.25) is 0 Å². The first-order valence-corrected chi connectivity index (χ1v) is 8.82. The molecule has 3 heteroatoms. The van der Waals surface area contributed by atoms with Crippen LogP contribution in [0.4, 0.5) is 4.79 Å². The zero-order chi connectivity index (χ0) is 15.8. The number of hydrogen-bond acceptors (Lipinski definition) is 1. The minimum absolute atomic E-state index is 0.252. The molecule has 0 radical (unpaired) electrons. The van der Waals surface area contributed by atoms with Crippen LogP contribution in [-0.4, -0.2) is 42.0 Å². The Bertz CT molecular complexity index is 432. The normalized spacial score (nSPS) is 15.8. The molecule has 0 unspecified atom stereocenters. The van der Waals surface area contributed by atoms with Crippen molar-refractivity contribution in [2.24, 2.45) is 5.92 Å². The Morgan fingerprint density at radius 2 is 1.68 bits per heavy atom. The number of piperidine rings is 1. The molecule has 22 heavy (non-hydrogen) atoms. The molecular weight excluding hydrogens is 272 g/mol. The lowest BCUT2D eigenvalue weighted by atomic mass is 9.90. The van der Waals surface area contributed by atoms with Crippen LogP contribution in [0.1, 0.15) is 45.1 Å². The van der Waals surface area contributed by atoms with Crippen LogP contribution < -0.4 is 0 Å². The third-order valence-corrected chi connectivity index (χ3v) is 4.51. The van der Waals surface area contributed by atoms with Crippen LogP contribution in [0.25, 0.3) is 0 Å². The van der Waals surface area contributed by atoms with Crippen molar-refractivity contribution in [2.75, 3.05) is 26.2 Å². The van der Waals surface area contributed by atoms with Gasteiger partial charge in [-0.25, -0.2) is 4.79 Å². The fourth-order valence-corrected chi connectivity index (χ4v) is 3.32. The van der Waals surface area contributed by atoms with E-state index >= 15 is 0 Å². The van der Waals surface area contributed by atoms with Crippen LogP contribution in [-0.2, 0) is 6.42 Å². The minimum atomic E-state index is 0.252. The van der Waals surface area contributed by atoms with E-state index in [4.69, 9.17) is 0 Å². The van der Waals surface area contributed by atoms with Crippen molar-refractivity contribution in [3.05, 3.63) is 35.9 Å². The van der Waals surface area contributed by atoms with Crippen molar-refractivity contribution in [1.29, 1.82) is 0 Å². The summed E-state index contributed by atoms with van der Waals surface area (Å²) in [5.74, 6) is 0.720. The first-order valence-electron chi connectivity index (χ1n) is 8.82. The highest BCUT2D eigenvalue weighted by atomic mass is 16.2. The molecule has 0 spiro atoms. The maximum atomic E-state index is 12.6. The molecule has 0 aliphatic carbocycles. The van der Waals surface area contributed by atoms with Crippen molar-refractivity contribution >= 4 is 6.03 Å². The zero-order valence-corrected chi connectivity index (χ0v) is 14.1. The molecule has 1 aliphatic rings. The van der Waals surface area contributed by atoms with Gasteiger partial charge in [0.15, 0.2) is 0 Å². The molecule has 3 nitrogen and oxygen atoms in total. The van der Waals surface area contributed by atoms with Crippen LogP contribution in [0.5, 0.6) is 0 Å². The topological polar surface area (TPSA) is 23.6 Å². The predicted octanol–water partition coefficient (Wildman–Crippen LogP) is 4.18. The number of hydrogen-bond donors (Lipinski definition) is 0. The van der Waals surface area contributed by atoms with E-state index in [0.29, 0.717) is 0 Å². The minimum Gasteiger partial charge on any atom is -0.325 e. The van der Waals surface area contributed by atoms with Crippen LogP contribution >= 0.6 is 0 Å². The number of urea groups is 1. The smallest absolute Gasteiger partial charge is 0.319 e. The molecule has 122 valence electrons. The summed E-state index contributed by atoms with van der Waals surface area (Å²) >= 11 is 0. The van der Waals surface area contributed by atoms with E-state index in [1.165, 1.54) is 5.56 Å². The van der Waals surface area contributed by atoms with Gasteiger partial charge in [-0.15, -0.1) is 0 Å². The average Bonchev–Trinajstić information content (AvgIpc) is 2.56. The molecule has 0 saturated carbocycles. The Labute approximate surface area is 135 Å². The standard InChI is InChI=1S/C19H30N2O/c1-3-12-20(13-4-2)19(22)21-14-10-18(11-15-21)16-17-8-6-5-7-9-17/h5-9,18H,3-4,10-16H2,1-2H3. The predicted molar refractivity (Wildman–Crippen MR) is 92.0 cm³/mol. The Kier molecular flexibility index (Phi) is 6.75. The molecule has 0 atom stereocenters. The summed E-state index contributed by atoms with van der Waals surface area (Å²) in [6, 6.07) is 11.0. The molecular formula is C19H30N2O. The van der Waals surface area contributed by atoms with Gasteiger partial charge in [0.1, 0.15) is 0 Å². The number of benzene rings is 1. The number of carbonyl (C=O) groups excluding carboxylic acids is 1. The molecule has 1 aromatic carbocycles. The third-order valence-electron chi connectivity index (χ3n) is 4.51. The average molecular weight is 302 g/mol. The second-order valence-corrected chi connectivity index (χ2v) is 6.39. The van der Waals surface area contributed by atoms with Gasteiger partial charge in [-0.05, 0) is 43.6 Å². The van der Waals surface area contributed by atoms with E-state index in [0.717, 1.165) is 64.2 Å². The summed E-state index contributed by atoms with van der Waals surface area (Å²) in [6.45, 7) is 7.89. The van der Waals surface area contributed by atoms with Gasteiger partial charge in [-0.2, -0.15) is 0 Å². The number of carbonyl (C=O) groups is 1. The third kappa shape index (κ3) is 4.75. The fraction of sp³-hybridized carbons (Fsp3) is 0.632. The van der Waals surface area contributed by atoms with E-state index in [-0.39, 0.29) is 6.03 Å². The van der Waals surface area contributed by atoms with Crippen LogP contribution in [0.3, 0.4) is 0 Å². The number of amides is 2. The monoisotopic (exact) mass is 302 g/mol. The van der Waals surface area contributed by atoms with Crippen molar-refractivity contribution in [2.45, 2.75) is 46.0 Å². The van der Waals surface area contributed by atoms with Gasteiger partial charge >= 0.3 is 6.03 Å². The van der Waals surface area contributed by atoms with Gasteiger partial charge in [0, 0.05) is 26.2 Å². The molecule has 1 saturated heterocycles. The number of rotatable bonds is 6. The quantitative estimate of drug-likeness (QED) is 0.773. The van der Waals surface area contributed by atoms with Crippen molar-refractivity contribution in [3.8, 4) is 0 Å². The Balaban J connectivity index is 1.82. The van der Waals surface area contributed by atoms with Gasteiger partial charge in [-0.1, -0.05) is 44.2 Å². The van der Waals surface area contributed by atoms with Crippen molar-refractivity contribution in [1.82, 2.24) is 9.80 Å². The lowest BCUT2D eigenvalue weighted by molar-refractivity contribution is 0.132. The van der Waals surface area contributed by atoms with Crippen LogP contribution in [0, 0.1) is 5.92 Å². The Morgan fingerprint density at radius 1 is 1.09 bits per heavy atom. The zero-order valence-electron chi connectivity index (χ0n) is 14.1. The molecule has 1 aliphatic heterocycles. The second-order valence-electron chi connectivity index (χ2n) is 6.39. The molecule has 2 amide bonds. The maximum Gasteiger partial charge on any atom is 0.319 e. The van der Waals surface area contributed by atoms with Crippen LogP contribution in [0.15, 0.2) is 30.3 Å². The molecule has 0 aromatic heterocycles. The first kappa shape index (κ1) is 16.9. The fourth-order valence-electron chi connectivity index (χ4n) is 3.32. The van der Waals surface area contributed by atoms with E-state index in [2.05, 4.69) is 49.1 Å². The van der Waals surface area contributed by atoms with Gasteiger partial charge in [0.25, 0.3) is 0 Å². The molecule has 0 N–H and O–H groups in total. The summed E-state index contributed by atoms with van der Waals surface area (Å²) in [5, 5.41) is 0. The SMILES string of the molecule is CCCN(CCC)C(=O)N1CCC(Cc2ccccc2)CC1. The summed E-state index contributed by atoms with van der Waals surface area (Å²) in [6.07, 6.45) is 5.49. The highest BCUT2D eigenvalue weighted by Crippen LogP contribution is 2.22. The van der Waals surface area contributed by atoms with E-state index in [1.54, 1.807) is 0 Å². The number of likely N-dealkylation sites (tertiary alicyclic amines) is 1. The molecule has 1 aromatic rings. The van der Waals surface area contributed by atoms with E-state index in [9.17, 15) is 4.79 Å². The molecule has 1 fully saturated rings. The first-order chi connectivity index (χ1) is 10.7. The Morgan fingerprint density at radius 3 is 2.23 bits per heavy atom. The van der Waals surface area contributed by atoms with Crippen molar-refractivity contribution in [3.63, 3.8) is 0 Å². The Hall–Kier alpha value is -1.51. The lowest BCUT2D eigenvalue weighted by Gasteiger charge is -2.36. The van der Waals surface area contributed by atoms with E-state index in [1.807, 2.05) is 4.90 Å². The van der Waals surface area contributed by atoms with E-state index < -0.39 is 0 Å². The summed E-state index contributed by atoms with van der Waals surface area (Å²) in [7, 11) is 0.